The number of phenols is 1. The number of ether oxygens (including phenoxy) is 1. The summed E-state index contributed by atoms with van der Waals surface area (Å²) >= 11 is 0. The van der Waals surface area contributed by atoms with Gasteiger partial charge in [0, 0.05) is 20.8 Å². The zero-order valence-electron chi connectivity index (χ0n) is 19.6. The van der Waals surface area contributed by atoms with Crippen molar-refractivity contribution in [2.45, 2.75) is 25.3 Å². The fourth-order valence-corrected chi connectivity index (χ4v) is 2.12. The van der Waals surface area contributed by atoms with Crippen molar-refractivity contribution in [2.24, 2.45) is 0 Å². The smallest absolute Gasteiger partial charge is 0.211 e. The largest absolute Gasteiger partial charge is 0.506 e. The number of aliphatic hydroxyl groups excluding tert-OH is 1. The summed E-state index contributed by atoms with van der Waals surface area (Å²) in [6.07, 6.45) is -3.69. The second-order valence-electron chi connectivity index (χ2n) is 5.16. The third kappa shape index (κ3) is 5.48. The maximum Gasteiger partial charge on any atom is 0.211 e. The number of nitrogens with one attached hydrogen (secondary N) is 2. The van der Waals surface area contributed by atoms with Crippen LogP contribution in [0.4, 0.5) is 5.69 Å². The molecule has 0 saturated carbocycles. The first-order chi connectivity index (χ1) is 14.4. The van der Waals surface area contributed by atoms with E-state index in [1.54, 1.807) is 0 Å². The lowest BCUT2D eigenvalue weighted by Gasteiger charge is -2.18. The molecule has 1 amide bonds. The van der Waals surface area contributed by atoms with E-state index in [4.69, 9.17) is 13.0 Å². The fourth-order valence-electron chi connectivity index (χ4n) is 2.12. The SMILES string of the molecule is [2H]C([2H])([2H])[C@]([2H])(NC[C@@H](O)c1ccc(O)c(NC=O)c1)C([2H])([2H])c1ccc(OC)cc1. The summed E-state index contributed by atoms with van der Waals surface area (Å²) in [6, 6.07) is 6.66. The summed E-state index contributed by atoms with van der Waals surface area (Å²) in [6.45, 7) is -3.59. The molecule has 2 atom stereocenters. The van der Waals surface area contributed by atoms with Crippen LogP contribution in [0.1, 0.15) is 32.3 Å². The molecule has 134 valence electrons. The van der Waals surface area contributed by atoms with Gasteiger partial charge in [-0.05, 0) is 48.6 Å². The highest BCUT2D eigenvalue weighted by molar-refractivity contribution is 5.75. The van der Waals surface area contributed by atoms with Crippen molar-refractivity contribution in [3.05, 3.63) is 53.6 Å². The van der Waals surface area contributed by atoms with Gasteiger partial charge in [0.1, 0.15) is 11.5 Å². The quantitative estimate of drug-likeness (QED) is 0.411. The molecule has 0 aliphatic heterocycles. The Morgan fingerprint density at radius 1 is 1.36 bits per heavy atom. The highest BCUT2D eigenvalue weighted by Crippen LogP contribution is 2.26. The number of rotatable bonds is 9. The lowest BCUT2D eigenvalue weighted by Crippen LogP contribution is -2.32. The van der Waals surface area contributed by atoms with Crippen molar-refractivity contribution >= 4 is 12.1 Å². The molecule has 25 heavy (non-hydrogen) atoms. The van der Waals surface area contributed by atoms with Crippen LogP contribution in [0.3, 0.4) is 0 Å². The van der Waals surface area contributed by atoms with Crippen LogP contribution in [0.5, 0.6) is 11.5 Å². The number of aliphatic hydroxyl groups is 1. The van der Waals surface area contributed by atoms with E-state index in [-0.39, 0.29) is 22.6 Å². The van der Waals surface area contributed by atoms with Crippen LogP contribution >= 0.6 is 0 Å². The van der Waals surface area contributed by atoms with Crippen LogP contribution in [0.15, 0.2) is 42.5 Å². The molecule has 0 saturated heterocycles. The number of anilines is 1. The van der Waals surface area contributed by atoms with Crippen LogP contribution in [-0.2, 0) is 11.2 Å². The maximum absolute atomic E-state index is 10.6. The molecule has 0 spiro atoms. The zero-order valence-corrected chi connectivity index (χ0v) is 13.6. The van der Waals surface area contributed by atoms with Gasteiger partial charge in [0.05, 0.1) is 18.9 Å². The Kier molecular flexibility index (Phi) is 4.31. The summed E-state index contributed by atoms with van der Waals surface area (Å²) in [5.74, 6) is 0.212. The lowest BCUT2D eigenvalue weighted by atomic mass is 10.1. The molecule has 2 rings (SSSR count). The summed E-state index contributed by atoms with van der Waals surface area (Å²) in [4.78, 5) is 10.6. The predicted molar refractivity (Wildman–Crippen MR) is 96.9 cm³/mol. The first-order valence-electron chi connectivity index (χ1n) is 10.5. The Balaban J connectivity index is 2.32. The highest BCUT2D eigenvalue weighted by atomic mass is 16.5. The first kappa shape index (κ1) is 11.9. The van der Waals surface area contributed by atoms with Gasteiger partial charge in [0.25, 0.3) is 0 Å². The van der Waals surface area contributed by atoms with Gasteiger partial charge < -0.3 is 25.6 Å². The van der Waals surface area contributed by atoms with Crippen LogP contribution in [0, 0.1) is 0 Å². The molecule has 0 heterocycles. The fraction of sp³-hybridized carbons (Fsp3) is 0.316. The van der Waals surface area contributed by atoms with Crippen molar-refractivity contribution in [2.75, 3.05) is 19.0 Å². The van der Waals surface area contributed by atoms with E-state index < -0.39 is 31.9 Å². The molecule has 2 aromatic carbocycles. The number of hydrogen-bond acceptors (Lipinski definition) is 5. The molecule has 0 radical (unpaired) electrons. The van der Waals surface area contributed by atoms with E-state index in [0.717, 1.165) is 0 Å². The van der Waals surface area contributed by atoms with Gasteiger partial charge in [-0.15, -0.1) is 0 Å². The van der Waals surface area contributed by atoms with Crippen molar-refractivity contribution in [3.8, 4) is 11.5 Å². The van der Waals surface area contributed by atoms with Crippen molar-refractivity contribution < 1.29 is 28.0 Å². The number of amides is 1. The molecule has 0 bridgehead atoms. The number of phenolic OH excluding ortho intramolecular Hbond substituents is 1. The van der Waals surface area contributed by atoms with Gasteiger partial charge in [-0.3, -0.25) is 4.79 Å². The van der Waals surface area contributed by atoms with Crippen molar-refractivity contribution in [1.29, 1.82) is 0 Å². The van der Waals surface area contributed by atoms with E-state index in [0.29, 0.717) is 12.2 Å². The number of aromatic hydroxyl groups is 1. The molecule has 0 unspecified atom stereocenters. The molecule has 2 aromatic rings. The van der Waals surface area contributed by atoms with Crippen molar-refractivity contribution in [1.82, 2.24) is 5.32 Å². The summed E-state index contributed by atoms with van der Waals surface area (Å²) in [5, 5.41) is 24.8. The van der Waals surface area contributed by atoms with Gasteiger partial charge in [-0.1, -0.05) is 18.2 Å². The molecule has 0 fully saturated rings. The van der Waals surface area contributed by atoms with E-state index in [2.05, 4.69) is 10.6 Å². The molecule has 6 nitrogen and oxygen atoms in total. The molecular weight excluding hydrogens is 320 g/mol. The summed E-state index contributed by atoms with van der Waals surface area (Å²) < 4.78 is 53.8. The van der Waals surface area contributed by atoms with E-state index in [1.807, 2.05) is 0 Å². The van der Waals surface area contributed by atoms with E-state index >= 15 is 0 Å². The third-order valence-corrected chi connectivity index (χ3v) is 3.45. The van der Waals surface area contributed by atoms with Crippen LogP contribution < -0.4 is 15.4 Å². The number of carbonyl (C=O) groups excluding carboxylic acids is 1. The molecule has 0 aliphatic carbocycles. The van der Waals surface area contributed by atoms with Crippen LogP contribution in [-0.4, -0.2) is 36.3 Å². The number of carbonyl (C=O) groups is 1. The number of benzene rings is 2. The standard InChI is InChI=1S/C19H24N2O4/c1-13(9-14-3-6-16(25-2)7-4-14)20-11-19(24)15-5-8-18(23)17(10-15)21-12-22/h3-8,10,12-13,19-20,23-24H,9,11H2,1-2H3,(H,21,22)/t13-,19+/m0/s1/i1D3,9D2,13D. The van der Waals surface area contributed by atoms with Gasteiger partial charge in [0.15, 0.2) is 0 Å². The monoisotopic (exact) mass is 350 g/mol. The van der Waals surface area contributed by atoms with Gasteiger partial charge >= 0.3 is 0 Å². The first-order valence-corrected chi connectivity index (χ1v) is 7.48. The third-order valence-electron chi connectivity index (χ3n) is 3.45. The van der Waals surface area contributed by atoms with Crippen LogP contribution in [0.2, 0.25) is 0 Å². The predicted octanol–water partition coefficient (Wildman–Crippen LogP) is 2.22. The summed E-state index contributed by atoms with van der Waals surface area (Å²) in [7, 11) is 1.43. The van der Waals surface area contributed by atoms with Gasteiger partial charge in [-0.25, -0.2) is 0 Å². The molecular formula is C19H24N2O4. The highest BCUT2D eigenvalue weighted by Gasteiger charge is 2.12. The number of methoxy groups -OCH3 is 1. The second kappa shape index (κ2) is 9.05. The average Bonchev–Trinajstić information content (AvgIpc) is 2.72. The molecule has 6 heteroatoms. The minimum Gasteiger partial charge on any atom is -0.506 e. The Bertz CT molecular complexity index is 907. The van der Waals surface area contributed by atoms with Gasteiger partial charge in [-0.2, -0.15) is 0 Å². The van der Waals surface area contributed by atoms with E-state index in [9.17, 15) is 15.0 Å². The minimum absolute atomic E-state index is 0.0353. The Morgan fingerprint density at radius 2 is 2.12 bits per heavy atom. The minimum atomic E-state index is -3.10. The average molecular weight is 350 g/mol. The summed E-state index contributed by atoms with van der Waals surface area (Å²) in [5.41, 5.74) is 0.198. The lowest BCUT2D eigenvalue weighted by molar-refractivity contribution is -0.105. The van der Waals surface area contributed by atoms with Gasteiger partial charge in [0.2, 0.25) is 6.41 Å². The van der Waals surface area contributed by atoms with Crippen molar-refractivity contribution in [3.63, 3.8) is 0 Å². The zero-order chi connectivity index (χ0) is 23.4. The van der Waals surface area contributed by atoms with E-state index in [1.165, 1.54) is 49.6 Å². The van der Waals surface area contributed by atoms with Crippen LogP contribution in [0.25, 0.3) is 0 Å². The molecule has 0 aliphatic rings. The normalized spacial score (nSPS) is 19.0. The molecule has 0 aromatic heterocycles. The molecule has 4 N–H and O–H groups in total. The Morgan fingerprint density at radius 3 is 2.76 bits per heavy atom. The number of hydrogen-bond donors (Lipinski definition) is 4. The Hall–Kier alpha value is -2.57. The second-order valence-corrected chi connectivity index (χ2v) is 5.16. The topological polar surface area (TPSA) is 90.8 Å². The Labute approximate surface area is 155 Å². The maximum atomic E-state index is 10.6.